The van der Waals surface area contributed by atoms with E-state index in [9.17, 15) is 8.42 Å². The highest BCUT2D eigenvalue weighted by Gasteiger charge is 2.59. The Morgan fingerprint density at radius 2 is 1.52 bits per heavy atom. The molecular formula is C17H27N3O2S. The summed E-state index contributed by atoms with van der Waals surface area (Å²) in [5.74, 6) is 0. The minimum Gasteiger partial charge on any atom is -0.298 e. The van der Waals surface area contributed by atoms with Gasteiger partial charge in [0.05, 0.1) is 0 Å². The SMILES string of the molecule is CN(C)S(=O)(=O)N1CC2(C)CN(Cc3ccccc3)CC2(C)C1. The molecule has 0 N–H and O–H groups in total. The van der Waals surface area contributed by atoms with E-state index < -0.39 is 10.2 Å². The number of nitrogens with zero attached hydrogens (tertiary/aromatic N) is 3. The second kappa shape index (κ2) is 5.55. The maximum Gasteiger partial charge on any atom is 0.281 e. The van der Waals surface area contributed by atoms with E-state index in [4.69, 9.17) is 0 Å². The Morgan fingerprint density at radius 3 is 2.00 bits per heavy atom. The zero-order chi connectivity index (χ0) is 16.9. The number of rotatable bonds is 4. The van der Waals surface area contributed by atoms with Crippen LogP contribution in [0.1, 0.15) is 19.4 Å². The van der Waals surface area contributed by atoms with Gasteiger partial charge in [-0.3, -0.25) is 4.90 Å². The summed E-state index contributed by atoms with van der Waals surface area (Å²) in [7, 11) is -0.109. The largest absolute Gasteiger partial charge is 0.298 e. The number of hydrogen-bond donors (Lipinski definition) is 0. The molecule has 6 heteroatoms. The van der Waals surface area contributed by atoms with Gasteiger partial charge in [-0.15, -0.1) is 0 Å². The molecule has 2 unspecified atom stereocenters. The van der Waals surface area contributed by atoms with Crippen LogP contribution >= 0.6 is 0 Å². The maximum absolute atomic E-state index is 12.5. The standard InChI is InChI=1S/C17H27N3O2S/c1-16-11-19(10-15-8-6-5-7-9-15)12-17(16,2)14-20(13-16)23(21,22)18(3)4/h5-9H,10-14H2,1-4H3. The fourth-order valence-electron chi connectivity index (χ4n) is 4.09. The normalized spacial score (nSPS) is 32.6. The third-order valence-electron chi connectivity index (χ3n) is 5.69. The average Bonchev–Trinajstić information content (AvgIpc) is 2.84. The van der Waals surface area contributed by atoms with Gasteiger partial charge in [-0.1, -0.05) is 44.2 Å². The second-order valence-corrected chi connectivity index (χ2v) is 9.95. The summed E-state index contributed by atoms with van der Waals surface area (Å²) in [6.07, 6.45) is 0. The molecule has 2 saturated heterocycles. The van der Waals surface area contributed by atoms with Crippen molar-refractivity contribution in [3.8, 4) is 0 Å². The predicted molar refractivity (Wildman–Crippen MR) is 92.1 cm³/mol. The Labute approximate surface area is 140 Å². The van der Waals surface area contributed by atoms with Crippen molar-refractivity contribution in [3.05, 3.63) is 35.9 Å². The van der Waals surface area contributed by atoms with Crippen molar-refractivity contribution in [1.29, 1.82) is 0 Å². The third kappa shape index (κ3) is 2.82. The lowest BCUT2D eigenvalue weighted by atomic mass is 9.71. The van der Waals surface area contributed by atoms with E-state index in [1.807, 2.05) is 6.07 Å². The van der Waals surface area contributed by atoms with Crippen molar-refractivity contribution >= 4 is 10.2 Å². The number of benzene rings is 1. The van der Waals surface area contributed by atoms with Gasteiger partial charge in [0.25, 0.3) is 10.2 Å². The minimum atomic E-state index is -3.32. The van der Waals surface area contributed by atoms with Crippen LogP contribution in [-0.4, -0.2) is 62.2 Å². The summed E-state index contributed by atoms with van der Waals surface area (Å²) in [5.41, 5.74) is 1.33. The summed E-state index contributed by atoms with van der Waals surface area (Å²) >= 11 is 0. The first-order chi connectivity index (χ1) is 10.7. The van der Waals surface area contributed by atoms with E-state index in [0.717, 1.165) is 19.6 Å². The lowest BCUT2D eigenvalue weighted by molar-refractivity contribution is 0.212. The van der Waals surface area contributed by atoms with Crippen LogP contribution < -0.4 is 0 Å². The molecular weight excluding hydrogens is 310 g/mol. The molecule has 128 valence electrons. The summed E-state index contributed by atoms with van der Waals surface area (Å²) in [6.45, 7) is 8.51. The van der Waals surface area contributed by atoms with E-state index in [2.05, 4.69) is 43.0 Å². The zero-order valence-corrected chi connectivity index (χ0v) is 15.3. The molecule has 0 spiro atoms. The van der Waals surface area contributed by atoms with Gasteiger partial charge < -0.3 is 0 Å². The smallest absolute Gasteiger partial charge is 0.281 e. The molecule has 5 nitrogen and oxygen atoms in total. The van der Waals surface area contributed by atoms with Crippen LogP contribution in [0.2, 0.25) is 0 Å². The van der Waals surface area contributed by atoms with Gasteiger partial charge in [-0.25, -0.2) is 0 Å². The van der Waals surface area contributed by atoms with Gasteiger partial charge in [0, 0.05) is 57.6 Å². The van der Waals surface area contributed by atoms with Gasteiger partial charge in [-0.05, 0) is 5.56 Å². The van der Waals surface area contributed by atoms with Crippen molar-refractivity contribution in [1.82, 2.24) is 13.5 Å². The third-order valence-corrected chi connectivity index (χ3v) is 7.52. The Bertz CT molecular complexity index is 656. The molecule has 0 radical (unpaired) electrons. The molecule has 2 aliphatic heterocycles. The van der Waals surface area contributed by atoms with E-state index in [-0.39, 0.29) is 10.8 Å². The molecule has 0 bridgehead atoms. The predicted octanol–water partition coefficient (Wildman–Crippen LogP) is 1.64. The van der Waals surface area contributed by atoms with Crippen LogP contribution in [0.4, 0.5) is 0 Å². The first kappa shape index (κ1) is 16.9. The van der Waals surface area contributed by atoms with Crippen LogP contribution in [0.3, 0.4) is 0 Å². The molecule has 2 heterocycles. The molecule has 2 atom stereocenters. The van der Waals surface area contributed by atoms with E-state index in [1.165, 1.54) is 9.87 Å². The molecule has 1 aromatic carbocycles. The summed E-state index contributed by atoms with van der Waals surface area (Å²) in [4.78, 5) is 2.47. The van der Waals surface area contributed by atoms with Crippen LogP contribution in [0, 0.1) is 10.8 Å². The van der Waals surface area contributed by atoms with Crippen molar-refractivity contribution in [3.63, 3.8) is 0 Å². The van der Waals surface area contributed by atoms with Crippen LogP contribution in [0.15, 0.2) is 30.3 Å². The average molecular weight is 337 g/mol. The monoisotopic (exact) mass is 337 g/mol. The Balaban J connectivity index is 1.75. The number of fused-ring (bicyclic) bond motifs is 1. The highest BCUT2D eigenvalue weighted by Crippen LogP contribution is 2.52. The Hall–Kier alpha value is -0.950. The first-order valence-electron chi connectivity index (χ1n) is 8.10. The molecule has 2 fully saturated rings. The van der Waals surface area contributed by atoms with E-state index in [1.54, 1.807) is 18.4 Å². The Morgan fingerprint density at radius 1 is 1.00 bits per heavy atom. The molecule has 2 aliphatic rings. The minimum absolute atomic E-state index is 0.00482. The fourth-order valence-corrected chi connectivity index (χ4v) is 5.45. The van der Waals surface area contributed by atoms with Gasteiger partial charge in [0.2, 0.25) is 0 Å². The van der Waals surface area contributed by atoms with Gasteiger partial charge in [0.1, 0.15) is 0 Å². The van der Waals surface area contributed by atoms with Crippen molar-refractivity contribution in [2.24, 2.45) is 10.8 Å². The summed E-state index contributed by atoms with van der Waals surface area (Å²) in [5, 5.41) is 0. The van der Waals surface area contributed by atoms with Crippen LogP contribution in [0.25, 0.3) is 0 Å². The lowest BCUT2D eigenvalue weighted by Crippen LogP contribution is -2.41. The van der Waals surface area contributed by atoms with Gasteiger partial charge >= 0.3 is 0 Å². The molecule has 23 heavy (non-hydrogen) atoms. The van der Waals surface area contributed by atoms with Gasteiger partial charge in [0.15, 0.2) is 0 Å². The van der Waals surface area contributed by atoms with E-state index in [0.29, 0.717) is 13.1 Å². The Kier molecular flexibility index (Phi) is 4.08. The first-order valence-corrected chi connectivity index (χ1v) is 9.50. The fraction of sp³-hybridized carbons (Fsp3) is 0.647. The van der Waals surface area contributed by atoms with Crippen molar-refractivity contribution < 1.29 is 8.42 Å². The number of likely N-dealkylation sites (tertiary alicyclic amines) is 1. The molecule has 0 aromatic heterocycles. The molecule has 1 aromatic rings. The summed E-state index contributed by atoms with van der Waals surface area (Å²) < 4.78 is 27.9. The van der Waals surface area contributed by atoms with E-state index >= 15 is 0 Å². The zero-order valence-electron chi connectivity index (χ0n) is 14.5. The summed E-state index contributed by atoms with van der Waals surface area (Å²) in [6, 6.07) is 10.5. The molecule has 3 rings (SSSR count). The highest BCUT2D eigenvalue weighted by molar-refractivity contribution is 7.86. The van der Waals surface area contributed by atoms with Gasteiger partial charge in [-0.2, -0.15) is 17.0 Å². The van der Waals surface area contributed by atoms with Crippen LogP contribution in [-0.2, 0) is 16.8 Å². The maximum atomic E-state index is 12.5. The van der Waals surface area contributed by atoms with Crippen molar-refractivity contribution in [2.75, 3.05) is 40.3 Å². The van der Waals surface area contributed by atoms with Crippen molar-refractivity contribution in [2.45, 2.75) is 20.4 Å². The molecule has 0 amide bonds. The molecule has 0 aliphatic carbocycles. The highest BCUT2D eigenvalue weighted by atomic mass is 32.2. The second-order valence-electron chi connectivity index (χ2n) is 7.81. The van der Waals surface area contributed by atoms with Crippen LogP contribution in [0.5, 0.6) is 0 Å². The quantitative estimate of drug-likeness (QED) is 0.839. The lowest BCUT2D eigenvalue weighted by Gasteiger charge is -2.30. The molecule has 0 saturated carbocycles. The number of hydrogen-bond acceptors (Lipinski definition) is 3. The topological polar surface area (TPSA) is 43.9 Å².